The summed E-state index contributed by atoms with van der Waals surface area (Å²) in [4.78, 5) is 4.38. The van der Waals surface area contributed by atoms with Crippen LogP contribution in [0.25, 0.3) is 11.5 Å². The Hall–Kier alpha value is -3.69. The number of hydrogen-bond donors (Lipinski definition) is 1. The number of nitrogens with zero attached hydrogens (tertiary/aromatic N) is 1. The van der Waals surface area contributed by atoms with Crippen molar-refractivity contribution in [2.75, 3.05) is 25.6 Å². The van der Waals surface area contributed by atoms with Gasteiger partial charge in [0.25, 0.3) is 0 Å². The molecule has 1 aliphatic rings. The molecule has 0 fully saturated rings. The minimum absolute atomic E-state index is 0.0187. The van der Waals surface area contributed by atoms with E-state index >= 15 is 0 Å². The third kappa shape index (κ3) is 4.78. The molecule has 0 bridgehead atoms. The molecule has 4 aromatic rings. The molecule has 10 heteroatoms. The fourth-order valence-corrected chi connectivity index (χ4v) is 4.96. The van der Waals surface area contributed by atoms with Crippen molar-refractivity contribution in [3.05, 3.63) is 77.3 Å². The molecule has 0 amide bonds. The monoisotopic (exact) mass is 512 g/mol. The van der Waals surface area contributed by atoms with Gasteiger partial charge in [0.2, 0.25) is 26.6 Å². The smallest absolute Gasteiger partial charge is 0.234 e. The van der Waals surface area contributed by atoms with Crippen LogP contribution < -0.4 is 19.5 Å². The summed E-state index contributed by atoms with van der Waals surface area (Å²) in [6, 6.07) is 18.7. The molecule has 0 aliphatic carbocycles. The number of halogens is 1. The van der Waals surface area contributed by atoms with Gasteiger partial charge in [-0.1, -0.05) is 23.7 Å². The third-order valence-corrected chi connectivity index (χ3v) is 7.29. The van der Waals surface area contributed by atoms with Crippen molar-refractivity contribution in [3.63, 3.8) is 0 Å². The van der Waals surface area contributed by atoms with Gasteiger partial charge in [-0.05, 0) is 54.1 Å². The first-order chi connectivity index (χ1) is 16.9. The summed E-state index contributed by atoms with van der Waals surface area (Å²) in [5, 5.41) is 3.39. The van der Waals surface area contributed by atoms with E-state index in [0.717, 1.165) is 11.3 Å². The normalized spacial score (nSPS) is 12.9. The van der Waals surface area contributed by atoms with Gasteiger partial charge in [0.15, 0.2) is 11.5 Å². The molecule has 0 radical (unpaired) electrons. The number of fused-ring (bicyclic) bond motifs is 1. The minimum atomic E-state index is -4.06. The SMILES string of the molecule is COc1ccc(CNc2oc(-c3ccc(Cl)cc3)nc2S(=O)(=O)c2ccc3c(c2)OCCO3)cc1. The van der Waals surface area contributed by atoms with Gasteiger partial charge in [-0.2, -0.15) is 4.98 Å². The van der Waals surface area contributed by atoms with Crippen molar-refractivity contribution in [2.24, 2.45) is 0 Å². The first kappa shape index (κ1) is 23.1. The summed E-state index contributed by atoms with van der Waals surface area (Å²) < 4.78 is 49.4. The van der Waals surface area contributed by atoms with Gasteiger partial charge in [-0.25, -0.2) is 8.42 Å². The predicted molar refractivity (Wildman–Crippen MR) is 130 cm³/mol. The Morgan fingerprint density at radius 3 is 2.40 bits per heavy atom. The molecule has 35 heavy (non-hydrogen) atoms. The molecule has 0 unspecified atom stereocenters. The minimum Gasteiger partial charge on any atom is -0.497 e. The van der Waals surface area contributed by atoms with E-state index in [1.807, 2.05) is 24.3 Å². The molecule has 0 saturated heterocycles. The van der Waals surface area contributed by atoms with Crippen LogP contribution in [-0.4, -0.2) is 33.7 Å². The Labute approximate surface area is 207 Å². The number of rotatable bonds is 7. The second-order valence-corrected chi connectivity index (χ2v) is 9.97. The molecule has 0 saturated carbocycles. The lowest BCUT2D eigenvalue weighted by Gasteiger charge is -2.18. The molecule has 1 aromatic heterocycles. The summed E-state index contributed by atoms with van der Waals surface area (Å²) in [5.41, 5.74) is 1.49. The fourth-order valence-electron chi connectivity index (χ4n) is 3.54. The summed E-state index contributed by atoms with van der Waals surface area (Å²) in [6.07, 6.45) is 0. The van der Waals surface area contributed by atoms with Crippen molar-refractivity contribution in [1.82, 2.24) is 4.98 Å². The second-order valence-electron chi connectivity index (χ2n) is 7.67. The lowest BCUT2D eigenvalue weighted by molar-refractivity contribution is 0.171. The summed E-state index contributed by atoms with van der Waals surface area (Å²) in [5.74, 6) is 1.76. The number of anilines is 1. The number of nitrogens with one attached hydrogen (secondary N) is 1. The zero-order chi connectivity index (χ0) is 24.4. The Morgan fingerprint density at radius 1 is 0.971 bits per heavy atom. The molecule has 3 aromatic carbocycles. The largest absolute Gasteiger partial charge is 0.497 e. The Balaban J connectivity index is 1.52. The van der Waals surface area contributed by atoms with Gasteiger partial charge < -0.3 is 23.9 Å². The van der Waals surface area contributed by atoms with Crippen molar-refractivity contribution in [3.8, 4) is 28.7 Å². The van der Waals surface area contributed by atoms with Gasteiger partial charge in [-0.3, -0.25) is 0 Å². The summed E-state index contributed by atoms with van der Waals surface area (Å²) >= 11 is 6.00. The molecule has 5 rings (SSSR count). The first-order valence-electron chi connectivity index (χ1n) is 10.7. The average molecular weight is 513 g/mol. The number of sulfone groups is 1. The highest BCUT2D eigenvalue weighted by Gasteiger charge is 2.30. The van der Waals surface area contributed by atoms with E-state index in [4.69, 9.17) is 30.2 Å². The summed E-state index contributed by atoms with van der Waals surface area (Å²) in [6.45, 7) is 1.06. The van der Waals surface area contributed by atoms with E-state index in [2.05, 4.69) is 10.3 Å². The number of oxazole rings is 1. The molecule has 1 N–H and O–H groups in total. The van der Waals surface area contributed by atoms with E-state index in [1.54, 1.807) is 37.4 Å². The number of benzene rings is 3. The van der Waals surface area contributed by atoms with Crippen molar-refractivity contribution < 1.29 is 27.0 Å². The molecule has 180 valence electrons. The predicted octanol–water partition coefficient (Wildman–Crippen LogP) is 5.22. The molecular formula is C25H21ClN2O6S. The maximum absolute atomic E-state index is 13.6. The van der Waals surface area contributed by atoms with Gasteiger partial charge in [-0.15, -0.1) is 0 Å². The van der Waals surface area contributed by atoms with Crippen LogP contribution >= 0.6 is 11.6 Å². The molecule has 0 atom stereocenters. The molecule has 0 spiro atoms. The number of methoxy groups -OCH3 is 1. The highest BCUT2D eigenvalue weighted by Crippen LogP contribution is 2.37. The van der Waals surface area contributed by atoms with Crippen LogP contribution in [0.2, 0.25) is 5.02 Å². The van der Waals surface area contributed by atoms with E-state index < -0.39 is 9.84 Å². The molecular weight excluding hydrogens is 492 g/mol. The fraction of sp³-hybridized carbons (Fsp3) is 0.160. The average Bonchev–Trinajstić information content (AvgIpc) is 3.33. The van der Waals surface area contributed by atoms with Gasteiger partial charge >= 0.3 is 0 Å². The highest BCUT2D eigenvalue weighted by atomic mass is 35.5. The second kappa shape index (κ2) is 9.52. The van der Waals surface area contributed by atoms with Crippen LogP contribution in [0.5, 0.6) is 17.2 Å². The van der Waals surface area contributed by atoms with Crippen LogP contribution in [0.4, 0.5) is 5.88 Å². The lowest BCUT2D eigenvalue weighted by atomic mass is 10.2. The Morgan fingerprint density at radius 2 is 1.69 bits per heavy atom. The van der Waals surface area contributed by atoms with E-state index in [9.17, 15) is 8.42 Å². The first-order valence-corrected chi connectivity index (χ1v) is 12.6. The van der Waals surface area contributed by atoms with E-state index in [-0.39, 0.29) is 21.7 Å². The van der Waals surface area contributed by atoms with Crippen LogP contribution in [0.15, 0.2) is 81.1 Å². The van der Waals surface area contributed by atoms with Gasteiger partial charge in [0, 0.05) is 23.2 Å². The van der Waals surface area contributed by atoms with E-state index in [1.165, 1.54) is 12.1 Å². The number of ether oxygens (including phenoxy) is 3. The molecule has 1 aliphatic heterocycles. The maximum atomic E-state index is 13.6. The highest BCUT2D eigenvalue weighted by molar-refractivity contribution is 7.91. The number of hydrogen-bond acceptors (Lipinski definition) is 8. The Bertz CT molecular complexity index is 1450. The zero-order valence-corrected chi connectivity index (χ0v) is 20.2. The lowest BCUT2D eigenvalue weighted by Crippen LogP contribution is -2.16. The standard InChI is InChI=1S/C25H21ClN2O6S/c1-31-19-8-2-16(3-9-19)15-27-24-25(28-23(34-24)17-4-6-18(26)7-5-17)35(29,30)20-10-11-21-22(14-20)33-13-12-32-21/h2-11,14,27H,12-13,15H2,1H3. The Kier molecular flexibility index (Phi) is 6.27. The van der Waals surface area contributed by atoms with Crippen molar-refractivity contribution in [1.29, 1.82) is 0 Å². The molecule has 2 heterocycles. The van der Waals surface area contributed by atoms with Crippen molar-refractivity contribution in [2.45, 2.75) is 16.5 Å². The van der Waals surface area contributed by atoms with E-state index in [0.29, 0.717) is 41.8 Å². The zero-order valence-electron chi connectivity index (χ0n) is 18.7. The van der Waals surface area contributed by atoms with Crippen LogP contribution in [-0.2, 0) is 16.4 Å². The maximum Gasteiger partial charge on any atom is 0.234 e. The van der Waals surface area contributed by atoms with Gasteiger partial charge in [0.05, 0.1) is 12.0 Å². The number of aromatic nitrogens is 1. The van der Waals surface area contributed by atoms with Crippen LogP contribution in [0, 0.1) is 0 Å². The topological polar surface area (TPSA) is 99.9 Å². The van der Waals surface area contributed by atoms with Crippen LogP contribution in [0.3, 0.4) is 0 Å². The quantitative estimate of drug-likeness (QED) is 0.360. The third-order valence-electron chi connectivity index (χ3n) is 5.38. The van der Waals surface area contributed by atoms with Gasteiger partial charge in [0.1, 0.15) is 19.0 Å². The van der Waals surface area contributed by atoms with Crippen molar-refractivity contribution >= 4 is 27.3 Å². The molecule has 8 nitrogen and oxygen atoms in total. The van der Waals surface area contributed by atoms with Crippen LogP contribution in [0.1, 0.15) is 5.56 Å². The summed E-state index contributed by atoms with van der Waals surface area (Å²) in [7, 11) is -2.47.